The zero-order chi connectivity index (χ0) is 21.8. The van der Waals surface area contributed by atoms with E-state index in [1.165, 1.54) is 19.2 Å². The van der Waals surface area contributed by atoms with Gasteiger partial charge in [0.05, 0.1) is 12.8 Å². The molecule has 0 fully saturated rings. The van der Waals surface area contributed by atoms with Crippen LogP contribution in [0, 0.1) is 5.82 Å². The van der Waals surface area contributed by atoms with Gasteiger partial charge in [-0.25, -0.2) is 9.18 Å². The van der Waals surface area contributed by atoms with Crippen molar-refractivity contribution in [1.82, 2.24) is 10.3 Å². The van der Waals surface area contributed by atoms with Crippen LogP contribution < -0.4 is 15.4 Å². The summed E-state index contributed by atoms with van der Waals surface area (Å²) in [7, 11) is 1.52. The number of fused-ring (bicyclic) bond motifs is 1. The predicted molar refractivity (Wildman–Crippen MR) is 122 cm³/mol. The highest BCUT2D eigenvalue weighted by Gasteiger charge is 2.19. The smallest absolute Gasteiger partial charge is 0.319 e. The molecule has 7 heteroatoms. The Morgan fingerprint density at radius 2 is 1.90 bits per heavy atom. The van der Waals surface area contributed by atoms with Gasteiger partial charge >= 0.3 is 6.03 Å². The Morgan fingerprint density at radius 1 is 1.13 bits per heavy atom. The molecular formula is C24H21ClFN3O2. The van der Waals surface area contributed by atoms with Gasteiger partial charge in [-0.1, -0.05) is 41.9 Å². The molecular weight excluding hydrogens is 417 g/mol. The molecule has 31 heavy (non-hydrogen) atoms. The molecule has 0 aliphatic heterocycles. The highest BCUT2D eigenvalue weighted by Crippen LogP contribution is 2.31. The van der Waals surface area contributed by atoms with E-state index in [4.69, 9.17) is 16.3 Å². The number of urea groups is 1. The first-order chi connectivity index (χ1) is 15.0. The molecule has 0 saturated carbocycles. The number of hydrogen-bond donors (Lipinski definition) is 3. The van der Waals surface area contributed by atoms with Crippen LogP contribution in [-0.2, 0) is 0 Å². The van der Waals surface area contributed by atoms with Crippen molar-refractivity contribution in [1.29, 1.82) is 0 Å². The highest BCUT2D eigenvalue weighted by atomic mass is 35.5. The zero-order valence-electron chi connectivity index (χ0n) is 16.8. The fourth-order valence-corrected chi connectivity index (χ4v) is 3.80. The molecule has 3 N–H and O–H groups in total. The lowest BCUT2D eigenvalue weighted by Gasteiger charge is -2.19. The first-order valence-electron chi connectivity index (χ1n) is 9.75. The van der Waals surface area contributed by atoms with E-state index >= 15 is 0 Å². The van der Waals surface area contributed by atoms with Gasteiger partial charge in [-0.05, 0) is 47.5 Å². The second kappa shape index (κ2) is 9.10. The third kappa shape index (κ3) is 4.64. The van der Waals surface area contributed by atoms with Crippen molar-refractivity contribution in [2.45, 2.75) is 5.92 Å². The summed E-state index contributed by atoms with van der Waals surface area (Å²) in [5, 5.41) is 7.22. The molecule has 3 aromatic carbocycles. The summed E-state index contributed by atoms with van der Waals surface area (Å²) in [6.45, 7) is 0.308. The molecule has 1 atom stereocenters. The van der Waals surface area contributed by atoms with Crippen molar-refractivity contribution < 1.29 is 13.9 Å². The average Bonchev–Trinajstić information content (AvgIpc) is 3.19. The fourth-order valence-electron chi connectivity index (χ4n) is 3.62. The molecule has 0 spiro atoms. The molecule has 0 radical (unpaired) electrons. The number of methoxy groups -OCH3 is 1. The van der Waals surface area contributed by atoms with Crippen molar-refractivity contribution in [3.05, 3.63) is 94.9 Å². The Morgan fingerprint density at radius 3 is 2.68 bits per heavy atom. The maximum absolute atomic E-state index is 13.5. The van der Waals surface area contributed by atoms with Crippen LogP contribution in [0.1, 0.15) is 17.0 Å². The molecule has 0 bridgehead atoms. The van der Waals surface area contributed by atoms with Gasteiger partial charge in [0.15, 0.2) is 0 Å². The number of carbonyl (C=O) groups is 1. The van der Waals surface area contributed by atoms with Crippen LogP contribution in [0.25, 0.3) is 10.9 Å². The number of aromatic amines is 1. The van der Waals surface area contributed by atoms with Crippen molar-refractivity contribution in [2.24, 2.45) is 0 Å². The number of hydrogen-bond acceptors (Lipinski definition) is 2. The van der Waals surface area contributed by atoms with Gasteiger partial charge in [0.25, 0.3) is 0 Å². The van der Waals surface area contributed by atoms with E-state index in [2.05, 4.69) is 15.6 Å². The molecule has 0 aliphatic carbocycles. The van der Waals surface area contributed by atoms with E-state index in [0.29, 0.717) is 23.0 Å². The van der Waals surface area contributed by atoms with E-state index in [1.54, 1.807) is 30.3 Å². The lowest BCUT2D eigenvalue weighted by atomic mass is 9.91. The van der Waals surface area contributed by atoms with Gasteiger partial charge in [0.2, 0.25) is 0 Å². The summed E-state index contributed by atoms with van der Waals surface area (Å²) in [5.74, 6) is 0.0233. The molecule has 158 valence electrons. The van der Waals surface area contributed by atoms with Crippen molar-refractivity contribution >= 4 is 34.2 Å². The molecule has 0 unspecified atom stereocenters. The van der Waals surface area contributed by atoms with Crippen LogP contribution in [0.4, 0.5) is 14.9 Å². The maximum Gasteiger partial charge on any atom is 0.319 e. The van der Waals surface area contributed by atoms with Gasteiger partial charge in [-0.2, -0.15) is 0 Å². The second-order valence-electron chi connectivity index (χ2n) is 7.07. The number of H-pyrrole nitrogens is 1. The summed E-state index contributed by atoms with van der Waals surface area (Å²) in [4.78, 5) is 15.9. The minimum absolute atomic E-state index is 0.177. The third-order valence-corrected chi connectivity index (χ3v) is 5.38. The summed E-state index contributed by atoms with van der Waals surface area (Å²) >= 11 is 6.04. The Kier molecular flexibility index (Phi) is 6.09. The molecule has 1 heterocycles. The average molecular weight is 438 g/mol. The van der Waals surface area contributed by atoms with Gasteiger partial charge in [-0.15, -0.1) is 0 Å². The standard InChI is InChI=1S/C24H21ClFN3O2/c1-31-23-11-8-16(25)12-22(23)29-24(30)28-13-19(15-6-9-17(26)10-7-15)20-14-27-21-5-3-2-4-18(20)21/h2-12,14,19,27H,13H2,1H3,(H2,28,29,30)/t19-/m0/s1. The minimum atomic E-state index is -0.396. The van der Waals surface area contributed by atoms with Crippen LogP contribution in [0.3, 0.4) is 0 Å². The SMILES string of the molecule is COc1ccc(Cl)cc1NC(=O)NC[C@@H](c1ccc(F)cc1)c1c[nH]c2ccccc12. The molecule has 2 amide bonds. The van der Waals surface area contributed by atoms with E-state index in [9.17, 15) is 9.18 Å². The number of carbonyl (C=O) groups excluding carboxylic acids is 1. The summed E-state index contributed by atoms with van der Waals surface area (Å²) in [5.41, 5.74) is 3.38. The number of para-hydroxylation sites is 1. The number of rotatable bonds is 6. The second-order valence-corrected chi connectivity index (χ2v) is 7.51. The molecule has 0 aliphatic rings. The summed E-state index contributed by atoms with van der Waals surface area (Å²) in [6.07, 6.45) is 1.93. The summed E-state index contributed by atoms with van der Waals surface area (Å²) < 4.78 is 18.8. The van der Waals surface area contributed by atoms with E-state index in [-0.39, 0.29) is 11.7 Å². The van der Waals surface area contributed by atoms with Gasteiger partial charge in [-0.3, -0.25) is 0 Å². The van der Waals surface area contributed by atoms with Gasteiger partial charge < -0.3 is 20.4 Å². The number of halogens is 2. The lowest BCUT2D eigenvalue weighted by molar-refractivity contribution is 0.251. The molecule has 0 saturated heterocycles. The van der Waals surface area contributed by atoms with Crippen LogP contribution in [0.5, 0.6) is 5.75 Å². The topological polar surface area (TPSA) is 66.2 Å². The normalized spacial score (nSPS) is 11.8. The van der Waals surface area contributed by atoms with Crippen LogP contribution >= 0.6 is 11.6 Å². The molecule has 1 aromatic heterocycles. The number of amides is 2. The number of anilines is 1. The third-order valence-electron chi connectivity index (χ3n) is 5.15. The van der Waals surface area contributed by atoms with Crippen LogP contribution in [0.2, 0.25) is 5.02 Å². The van der Waals surface area contributed by atoms with Gasteiger partial charge in [0, 0.05) is 34.6 Å². The van der Waals surface area contributed by atoms with Crippen LogP contribution in [-0.4, -0.2) is 24.7 Å². The highest BCUT2D eigenvalue weighted by molar-refractivity contribution is 6.31. The van der Waals surface area contributed by atoms with E-state index < -0.39 is 6.03 Å². The molecule has 4 rings (SSSR count). The maximum atomic E-state index is 13.5. The number of aromatic nitrogens is 1. The first-order valence-corrected chi connectivity index (χ1v) is 10.1. The Labute approximate surface area is 184 Å². The van der Waals surface area contributed by atoms with Crippen molar-refractivity contribution in [3.8, 4) is 5.75 Å². The van der Waals surface area contributed by atoms with Crippen molar-refractivity contribution in [2.75, 3.05) is 19.0 Å². The molecule has 5 nitrogen and oxygen atoms in total. The fraction of sp³-hybridized carbons (Fsp3) is 0.125. The zero-order valence-corrected chi connectivity index (χ0v) is 17.5. The first kappa shape index (κ1) is 20.8. The van der Waals surface area contributed by atoms with Gasteiger partial charge in [0.1, 0.15) is 11.6 Å². The molecule has 4 aromatic rings. The lowest BCUT2D eigenvalue weighted by Crippen LogP contribution is -2.32. The number of nitrogens with one attached hydrogen (secondary N) is 3. The predicted octanol–water partition coefficient (Wildman–Crippen LogP) is 5.92. The monoisotopic (exact) mass is 437 g/mol. The largest absolute Gasteiger partial charge is 0.495 e. The van der Waals surface area contributed by atoms with E-state index in [1.807, 2.05) is 30.5 Å². The van der Waals surface area contributed by atoms with E-state index in [0.717, 1.165) is 22.0 Å². The quantitative estimate of drug-likeness (QED) is 0.350. The Bertz CT molecular complexity index is 1210. The Balaban J connectivity index is 1.58. The minimum Gasteiger partial charge on any atom is -0.495 e. The van der Waals surface area contributed by atoms with Crippen molar-refractivity contribution in [3.63, 3.8) is 0 Å². The number of benzene rings is 3. The van der Waals surface area contributed by atoms with Crippen LogP contribution in [0.15, 0.2) is 72.9 Å². The summed E-state index contributed by atoms with van der Waals surface area (Å²) in [6, 6.07) is 18.9. The Hall–Kier alpha value is -3.51. The number of ether oxygens (including phenoxy) is 1.